The second kappa shape index (κ2) is 6.80. The van der Waals surface area contributed by atoms with Gasteiger partial charge in [0.1, 0.15) is 5.82 Å². The highest BCUT2D eigenvalue weighted by Crippen LogP contribution is 2.44. The lowest BCUT2D eigenvalue weighted by Gasteiger charge is -2.25. The highest BCUT2D eigenvalue weighted by atomic mass is 32.2. The van der Waals surface area contributed by atoms with Gasteiger partial charge in [-0.15, -0.1) is 0 Å². The van der Waals surface area contributed by atoms with Crippen molar-refractivity contribution in [1.82, 2.24) is 9.62 Å². The average molecular weight is 354 g/mol. The summed E-state index contributed by atoms with van der Waals surface area (Å²) in [6.07, 6.45) is 5.57. The molecule has 3 atom stereocenters. The molecule has 0 saturated heterocycles. The van der Waals surface area contributed by atoms with Crippen LogP contribution in [0, 0.1) is 17.7 Å². The second-order valence-corrected chi connectivity index (χ2v) is 8.95. The van der Waals surface area contributed by atoms with Crippen LogP contribution in [0.4, 0.5) is 4.39 Å². The molecule has 5 nitrogen and oxygen atoms in total. The number of carbonyl (C=O) groups is 1. The SMILES string of the molecule is CS(=O)(=O)N(CC(=O)N[C@@H]1C[C@@H]2CC[C@@H]1C2)Cc1ccccc1F. The number of rotatable bonds is 6. The minimum Gasteiger partial charge on any atom is -0.352 e. The number of amides is 1. The fourth-order valence-electron chi connectivity index (χ4n) is 3.94. The van der Waals surface area contributed by atoms with Crippen LogP contribution < -0.4 is 5.32 Å². The minimum absolute atomic E-state index is 0.143. The van der Waals surface area contributed by atoms with Gasteiger partial charge in [0.05, 0.1) is 12.8 Å². The molecular weight excluding hydrogens is 331 g/mol. The first-order valence-corrected chi connectivity index (χ1v) is 10.2. The number of nitrogens with one attached hydrogen (secondary N) is 1. The van der Waals surface area contributed by atoms with Gasteiger partial charge in [-0.1, -0.05) is 24.6 Å². The molecule has 7 heteroatoms. The summed E-state index contributed by atoms with van der Waals surface area (Å²) in [5, 5.41) is 2.97. The molecule has 0 aromatic heterocycles. The average Bonchev–Trinajstić information content (AvgIpc) is 3.10. The highest BCUT2D eigenvalue weighted by molar-refractivity contribution is 7.88. The van der Waals surface area contributed by atoms with Crippen LogP contribution in [0.3, 0.4) is 0 Å². The predicted octanol–water partition coefficient (Wildman–Crippen LogP) is 1.89. The Kier molecular flexibility index (Phi) is 4.92. The summed E-state index contributed by atoms with van der Waals surface area (Å²) < 4.78 is 38.7. The Bertz CT molecular complexity index is 722. The molecule has 1 aromatic carbocycles. The Morgan fingerprint density at radius 2 is 2.04 bits per heavy atom. The fourth-order valence-corrected chi connectivity index (χ4v) is 4.67. The van der Waals surface area contributed by atoms with E-state index in [2.05, 4.69) is 5.32 Å². The zero-order chi connectivity index (χ0) is 17.3. The molecule has 2 saturated carbocycles. The largest absolute Gasteiger partial charge is 0.352 e. The summed E-state index contributed by atoms with van der Waals surface area (Å²) in [4.78, 5) is 12.3. The molecular formula is C17H23FN2O3S. The molecule has 1 N–H and O–H groups in total. The van der Waals surface area contributed by atoms with Crippen molar-refractivity contribution < 1.29 is 17.6 Å². The third-order valence-corrected chi connectivity index (χ3v) is 6.37. The third kappa shape index (κ3) is 3.95. The lowest BCUT2D eigenvalue weighted by atomic mass is 9.95. The molecule has 0 heterocycles. The van der Waals surface area contributed by atoms with Crippen molar-refractivity contribution in [3.05, 3.63) is 35.6 Å². The maximum atomic E-state index is 13.8. The zero-order valence-electron chi connectivity index (χ0n) is 13.7. The van der Waals surface area contributed by atoms with Crippen LogP contribution in [-0.4, -0.2) is 37.5 Å². The Hall–Kier alpha value is -1.47. The molecule has 0 radical (unpaired) electrons. The van der Waals surface area contributed by atoms with Crippen molar-refractivity contribution in [1.29, 1.82) is 0 Å². The standard InChI is InChI=1S/C17H23FN2O3S/c1-24(22,23)20(10-14-4-2-3-5-15(14)18)11-17(21)19-16-9-12-6-7-13(16)8-12/h2-5,12-13,16H,6-11H2,1H3,(H,19,21)/t12-,13-,16-/m1/s1. The van der Waals surface area contributed by atoms with Crippen molar-refractivity contribution in [3.8, 4) is 0 Å². The van der Waals surface area contributed by atoms with E-state index in [9.17, 15) is 17.6 Å². The monoisotopic (exact) mass is 354 g/mol. The molecule has 2 fully saturated rings. The van der Waals surface area contributed by atoms with E-state index in [1.54, 1.807) is 12.1 Å². The summed E-state index contributed by atoms with van der Waals surface area (Å²) >= 11 is 0. The second-order valence-electron chi connectivity index (χ2n) is 6.97. The van der Waals surface area contributed by atoms with Crippen molar-refractivity contribution in [2.24, 2.45) is 11.8 Å². The van der Waals surface area contributed by atoms with Gasteiger partial charge in [-0.05, 0) is 37.2 Å². The number of fused-ring (bicyclic) bond motifs is 2. The summed E-state index contributed by atoms with van der Waals surface area (Å²) in [7, 11) is -3.61. The molecule has 2 aliphatic rings. The molecule has 0 aliphatic heterocycles. The van der Waals surface area contributed by atoms with E-state index in [0.717, 1.165) is 29.8 Å². The van der Waals surface area contributed by atoms with Crippen LogP contribution >= 0.6 is 0 Å². The number of halogens is 1. The van der Waals surface area contributed by atoms with Gasteiger partial charge in [-0.2, -0.15) is 4.31 Å². The molecule has 132 valence electrons. The summed E-state index contributed by atoms with van der Waals surface area (Å²) in [6.45, 7) is -0.420. The molecule has 2 aliphatic carbocycles. The van der Waals surface area contributed by atoms with Gasteiger partial charge in [0.2, 0.25) is 15.9 Å². The number of hydrogen-bond donors (Lipinski definition) is 1. The first kappa shape index (κ1) is 17.4. The molecule has 1 aromatic rings. The van der Waals surface area contributed by atoms with Gasteiger partial charge in [0, 0.05) is 18.2 Å². The summed E-state index contributed by atoms with van der Waals surface area (Å²) in [6, 6.07) is 6.16. The number of hydrogen-bond acceptors (Lipinski definition) is 3. The maximum absolute atomic E-state index is 13.8. The molecule has 0 unspecified atom stereocenters. The quantitative estimate of drug-likeness (QED) is 0.848. The number of carbonyl (C=O) groups excluding carboxylic acids is 1. The van der Waals surface area contributed by atoms with Crippen LogP contribution in [0.5, 0.6) is 0 Å². The first-order chi connectivity index (χ1) is 11.3. The van der Waals surface area contributed by atoms with Crippen LogP contribution in [0.2, 0.25) is 0 Å². The van der Waals surface area contributed by atoms with Crippen molar-refractivity contribution in [2.75, 3.05) is 12.8 Å². The van der Waals surface area contributed by atoms with Gasteiger partial charge in [-0.25, -0.2) is 12.8 Å². The van der Waals surface area contributed by atoms with Crippen molar-refractivity contribution in [3.63, 3.8) is 0 Å². The maximum Gasteiger partial charge on any atom is 0.235 e. The number of sulfonamides is 1. The molecule has 24 heavy (non-hydrogen) atoms. The van der Waals surface area contributed by atoms with E-state index >= 15 is 0 Å². The molecule has 0 spiro atoms. The zero-order valence-corrected chi connectivity index (χ0v) is 14.6. The minimum atomic E-state index is -3.61. The number of nitrogens with zero attached hydrogens (tertiary/aromatic N) is 1. The lowest BCUT2D eigenvalue weighted by molar-refractivity contribution is -0.122. The van der Waals surface area contributed by atoms with Crippen molar-refractivity contribution >= 4 is 15.9 Å². The predicted molar refractivity (Wildman–Crippen MR) is 89.0 cm³/mol. The van der Waals surface area contributed by atoms with E-state index in [1.807, 2.05) is 0 Å². The third-order valence-electron chi connectivity index (χ3n) is 5.18. The van der Waals surface area contributed by atoms with Gasteiger partial charge in [0.25, 0.3) is 0 Å². The fraction of sp³-hybridized carbons (Fsp3) is 0.588. The summed E-state index contributed by atoms with van der Waals surface area (Å²) in [5.41, 5.74) is 0.260. The Labute approximate surface area is 142 Å². The smallest absolute Gasteiger partial charge is 0.235 e. The lowest BCUT2D eigenvalue weighted by Crippen LogP contribution is -2.45. The Morgan fingerprint density at radius 3 is 2.62 bits per heavy atom. The van der Waals surface area contributed by atoms with Gasteiger partial charge in [-0.3, -0.25) is 4.79 Å². The van der Waals surface area contributed by atoms with Crippen molar-refractivity contribution in [2.45, 2.75) is 38.3 Å². The van der Waals surface area contributed by atoms with E-state index in [-0.39, 0.29) is 30.6 Å². The topological polar surface area (TPSA) is 66.5 Å². The number of benzene rings is 1. The molecule has 3 rings (SSSR count). The molecule has 1 amide bonds. The van der Waals surface area contributed by atoms with E-state index in [4.69, 9.17) is 0 Å². The van der Waals surface area contributed by atoms with E-state index < -0.39 is 15.8 Å². The Balaban J connectivity index is 1.64. The summed E-state index contributed by atoms with van der Waals surface area (Å²) in [5.74, 6) is 0.441. The normalized spacial score (nSPS) is 26.0. The highest BCUT2D eigenvalue weighted by Gasteiger charge is 2.40. The molecule has 2 bridgehead atoms. The van der Waals surface area contributed by atoms with Gasteiger partial charge >= 0.3 is 0 Å². The van der Waals surface area contributed by atoms with Crippen LogP contribution in [0.1, 0.15) is 31.2 Å². The van der Waals surface area contributed by atoms with Gasteiger partial charge < -0.3 is 5.32 Å². The van der Waals surface area contributed by atoms with Gasteiger partial charge in [0.15, 0.2) is 0 Å². The first-order valence-electron chi connectivity index (χ1n) is 8.31. The van der Waals surface area contributed by atoms with Crippen LogP contribution in [0.15, 0.2) is 24.3 Å². The van der Waals surface area contributed by atoms with E-state index in [1.165, 1.54) is 18.6 Å². The Morgan fingerprint density at radius 1 is 1.29 bits per heavy atom. The van der Waals surface area contributed by atoms with E-state index in [0.29, 0.717) is 11.8 Å². The van der Waals surface area contributed by atoms with Crippen LogP contribution in [0.25, 0.3) is 0 Å². The van der Waals surface area contributed by atoms with Crippen LogP contribution in [-0.2, 0) is 21.4 Å².